The van der Waals surface area contributed by atoms with Crippen LogP contribution in [0.5, 0.6) is 5.75 Å². The zero-order chi connectivity index (χ0) is 19.3. The van der Waals surface area contributed by atoms with Crippen molar-refractivity contribution in [3.63, 3.8) is 0 Å². The second kappa shape index (κ2) is 8.67. The molecule has 0 aliphatic rings. The molecule has 1 amide bonds. The molecule has 0 fully saturated rings. The van der Waals surface area contributed by atoms with Gasteiger partial charge in [-0.15, -0.1) is 0 Å². The Labute approximate surface area is 160 Å². The number of nitrogens with one attached hydrogen (secondary N) is 1. The fourth-order valence-corrected chi connectivity index (χ4v) is 2.75. The normalized spacial score (nSPS) is 11.3. The molecule has 2 aromatic rings. The summed E-state index contributed by atoms with van der Waals surface area (Å²) < 4.78 is 62.6. The van der Waals surface area contributed by atoms with Crippen LogP contribution in [0.1, 0.15) is 15.9 Å². The van der Waals surface area contributed by atoms with Gasteiger partial charge < -0.3 is 14.8 Å². The maximum absolute atomic E-state index is 13.2. The molecule has 0 bridgehead atoms. The standard InChI is InChI=1S/C17H14F4INO3/c1-25-6-7-26-15-5-2-10(17(19,20)21)8-14(15)23-16(24)12-4-3-11(18)9-13(12)22/h2-5,8-9H,6-7H2,1H3,(H,23,24). The molecule has 9 heteroatoms. The van der Waals surface area contributed by atoms with Gasteiger partial charge in [-0.05, 0) is 59.0 Å². The van der Waals surface area contributed by atoms with Gasteiger partial charge in [0.05, 0.1) is 23.4 Å². The Morgan fingerprint density at radius 3 is 2.50 bits per heavy atom. The fraction of sp³-hybridized carbons (Fsp3) is 0.235. The number of amides is 1. The van der Waals surface area contributed by atoms with Crippen LogP contribution >= 0.6 is 22.6 Å². The predicted molar refractivity (Wildman–Crippen MR) is 95.9 cm³/mol. The van der Waals surface area contributed by atoms with Gasteiger partial charge in [-0.2, -0.15) is 13.2 Å². The van der Waals surface area contributed by atoms with Crippen molar-refractivity contribution >= 4 is 34.2 Å². The van der Waals surface area contributed by atoms with E-state index < -0.39 is 23.5 Å². The quantitative estimate of drug-likeness (QED) is 0.368. The number of carbonyl (C=O) groups is 1. The van der Waals surface area contributed by atoms with Crippen molar-refractivity contribution in [2.75, 3.05) is 25.6 Å². The van der Waals surface area contributed by atoms with Crippen molar-refractivity contribution in [1.29, 1.82) is 0 Å². The zero-order valence-electron chi connectivity index (χ0n) is 13.5. The lowest BCUT2D eigenvalue weighted by Crippen LogP contribution is -2.16. The Morgan fingerprint density at radius 2 is 1.88 bits per heavy atom. The fourth-order valence-electron chi connectivity index (χ4n) is 2.03. The van der Waals surface area contributed by atoms with E-state index in [2.05, 4.69) is 5.32 Å². The van der Waals surface area contributed by atoms with Crippen LogP contribution in [0.15, 0.2) is 36.4 Å². The summed E-state index contributed by atoms with van der Waals surface area (Å²) in [5, 5.41) is 2.39. The Kier molecular flexibility index (Phi) is 6.81. The van der Waals surface area contributed by atoms with Crippen LogP contribution < -0.4 is 10.1 Å². The third-order valence-electron chi connectivity index (χ3n) is 3.28. The van der Waals surface area contributed by atoms with Crippen LogP contribution in [-0.2, 0) is 10.9 Å². The molecule has 0 radical (unpaired) electrons. The minimum atomic E-state index is -4.57. The number of carbonyl (C=O) groups excluding carboxylic acids is 1. The number of ether oxygens (including phenoxy) is 2. The van der Waals surface area contributed by atoms with Crippen LogP contribution in [0.3, 0.4) is 0 Å². The van der Waals surface area contributed by atoms with E-state index in [1.807, 2.05) is 0 Å². The SMILES string of the molecule is COCCOc1ccc(C(F)(F)F)cc1NC(=O)c1ccc(F)cc1I. The first-order chi connectivity index (χ1) is 12.2. The van der Waals surface area contributed by atoms with Gasteiger partial charge >= 0.3 is 6.18 Å². The second-order valence-corrected chi connectivity index (χ2v) is 6.29. The Hall–Kier alpha value is -1.88. The lowest BCUT2D eigenvalue weighted by molar-refractivity contribution is -0.137. The first-order valence-electron chi connectivity index (χ1n) is 7.31. The Morgan fingerprint density at radius 1 is 1.15 bits per heavy atom. The van der Waals surface area contributed by atoms with Gasteiger partial charge in [0.25, 0.3) is 5.91 Å². The smallest absolute Gasteiger partial charge is 0.416 e. The maximum atomic E-state index is 13.2. The monoisotopic (exact) mass is 483 g/mol. The van der Waals surface area contributed by atoms with Crippen molar-refractivity contribution in [2.45, 2.75) is 6.18 Å². The number of methoxy groups -OCH3 is 1. The highest BCUT2D eigenvalue weighted by Crippen LogP contribution is 2.35. The molecule has 0 heterocycles. The molecule has 0 aliphatic carbocycles. The number of benzene rings is 2. The van der Waals surface area contributed by atoms with E-state index >= 15 is 0 Å². The third-order valence-corrected chi connectivity index (χ3v) is 4.17. The lowest BCUT2D eigenvalue weighted by atomic mass is 10.1. The van der Waals surface area contributed by atoms with E-state index in [-0.39, 0.29) is 30.2 Å². The van der Waals surface area contributed by atoms with E-state index in [1.165, 1.54) is 13.2 Å². The summed E-state index contributed by atoms with van der Waals surface area (Å²) in [6, 6.07) is 6.28. The summed E-state index contributed by atoms with van der Waals surface area (Å²) >= 11 is 1.77. The summed E-state index contributed by atoms with van der Waals surface area (Å²) in [5.74, 6) is -1.13. The second-order valence-electron chi connectivity index (χ2n) is 5.13. The van der Waals surface area contributed by atoms with Crippen molar-refractivity contribution in [1.82, 2.24) is 0 Å². The molecule has 4 nitrogen and oxygen atoms in total. The lowest BCUT2D eigenvalue weighted by Gasteiger charge is -2.15. The van der Waals surface area contributed by atoms with Crippen LogP contribution in [-0.4, -0.2) is 26.2 Å². The molecule has 0 saturated heterocycles. The van der Waals surface area contributed by atoms with E-state index in [9.17, 15) is 22.4 Å². The highest BCUT2D eigenvalue weighted by Gasteiger charge is 2.31. The van der Waals surface area contributed by atoms with Gasteiger partial charge in [-0.3, -0.25) is 4.79 Å². The van der Waals surface area contributed by atoms with Crippen molar-refractivity contribution in [3.05, 3.63) is 56.9 Å². The maximum Gasteiger partial charge on any atom is 0.416 e. The highest BCUT2D eigenvalue weighted by atomic mass is 127. The largest absolute Gasteiger partial charge is 0.489 e. The predicted octanol–water partition coefficient (Wildman–Crippen LogP) is 4.73. The van der Waals surface area contributed by atoms with Gasteiger partial charge in [0.15, 0.2) is 0 Å². The van der Waals surface area contributed by atoms with Crippen LogP contribution in [0, 0.1) is 9.39 Å². The number of anilines is 1. The number of halogens is 5. The zero-order valence-corrected chi connectivity index (χ0v) is 15.7. The number of rotatable bonds is 6. The molecule has 0 saturated carbocycles. The average molecular weight is 483 g/mol. The van der Waals surface area contributed by atoms with Crippen molar-refractivity contribution < 1.29 is 31.8 Å². The summed E-state index contributed by atoms with van der Waals surface area (Å²) in [6.45, 7) is 0.323. The molecule has 0 unspecified atom stereocenters. The molecule has 2 rings (SSSR count). The molecule has 0 spiro atoms. The van der Waals surface area contributed by atoms with Crippen LogP contribution in [0.2, 0.25) is 0 Å². The minimum Gasteiger partial charge on any atom is -0.489 e. The van der Waals surface area contributed by atoms with E-state index in [0.29, 0.717) is 3.57 Å². The summed E-state index contributed by atoms with van der Waals surface area (Å²) in [7, 11) is 1.45. The first-order valence-corrected chi connectivity index (χ1v) is 8.39. The minimum absolute atomic E-state index is 0.0699. The molecule has 0 aromatic heterocycles. The van der Waals surface area contributed by atoms with Gasteiger partial charge in [0.2, 0.25) is 0 Å². The topological polar surface area (TPSA) is 47.6 Å². The summed E-state index contributed by atoms with van der Waals surface area (Å²) in [4.78, 5) is 12.4. The summed E-state index contributed by atoms with van der Waals surface area (Å²) in [5.41, 5.74) is -0.936. The average Bonchev–Trinajstić information content (AvgIpc) is 2.55. The molecule has 26 heavy (non-hydrogen) atoms. The number of hydrogen-bond donors (Lipinski definition) is 1. The number of alkyl halides is 3. The van der Waals surface area contributed by atoms with Gasteiger partial charge in [-0.1, -0.05) is 0 Å². The van der Waals surface area contributed by atoms with Crippen molar-refractivity contribution in [3.8, 4) is 5.75 Å². The van der Waals surface area contributed by atoms with E-state index in [1.54, 1.807) is 22.6 Å². The van der Waals surface area contributed by atoms with Gasteiger partial charge in [0, 0.05) is 10.7 Å². The molecular weight excluding hydrogens is 469 g/mol. The van der Waals surface area contributed by atoms with Gasteiger partial charge in [0.1, 0.15) is 18.2 Å². The highest BCUT2D eigenvalue weighted by molar-refractivity contribution is 14.1. The van der Waals surface area contributed by atoms with Crippen LogP contribution in [0.25, 0.3) is 0 Å². The third kappa shape index (κ3) is 5.31. The number of hydrogen-bond acceptors (Lipinski definition) is 3. The molecule has 0 atom stereocenters. The molecule has 0 aliphatic heterocycles. The summed E-state index contributed by atoms with van der Waals surface area (Å²) in [6.07, 6.45) is -4.57. The first kappa shape index (κ1) is 20.4. The Bertz CT molecular complexity index is 796. The van der Waals surface area contributed by atoms with Crippen LogP contribution in [0.4, 0.5) is 23.2 Å². The molecule has 140 valence electrons. The molecule has 1 N–H and O–H groups in total. The van der Waals surface area contributed by atoms with Gasteiger partial charge in [-0.25, -0.2) is 4.39 Å². The Balaban J connectivity index is 2.32. The van der Waals surface area contributed by atoms with Crippen molar-refractivity contribution in [2.24, 2.45) is 0 Å². The van der Waals surface area contributed by atoms with E-state index in [0.717, 1.165) is 30.3 Å². The molecular formula is C17H14F4INO3. The molecule has 2 aromatic carbocycles. The van der Waals surface area contributed by atoms with E-state index in [4.69, 9.17) is 9.47 Å².